The molecule has 0 spiro atoms. The van der Waals surface area contributed by atoms with E-state index in [9.17, 15) is 4.79 Å². The number of carbonyl (C=O) groups is 1. The van der Waals surface area contributed by atoms with Crippen LogP contribution in [0.25, 0.3) is 0 Å². The summed E-state index contributed by atoms with van der Waals surface area (Å²) >= 11 is 0. The molecule has 0 radical (unpaired) electrons. The minimum atomic E-state index is -0.0366. The molecule has 0 aliphatic heterocycles. The summed E-state index contributed by atoms with van der Waals surface area (Å²) in [7, 11) is 0. The molecule has 0 aliphatic carbocycles. The molecule has 106 valence electrons. The van der Waals surface area contributed by atoms with Gasteiger partial charge >= 0.3 is 0 Å². The van der Waals surface area contributed by atoms with Crippen molar-refractivity contribution in [1.82, 2.24) is 9.88 Å². The summed E-state index contributed by atoms with van der Waals surface area (Å²) in [6.07, 6.45) is 3.23. The minimum absolute atomic E-state index is 0.0366. The third kappa shape index (κ3) is 4.87. The Morgan fingerprint density at radius 1 is 1.42 bits per heavy atom. The summed E-state index contributed by atoms with van der Waals surface area (Å²) < 4.78 is 0. The Labute approximate surface area is 114 Å². The zero-order chi connectivity index (χ0) is 14.1. The van der Waals surface area contributed by atoms with E-state index in [4.69, 9.17) is 5.11 Å². The van der Waals surface area contributed by atoms with Crippen LogP contribution < -0.4 is 5.32 Å². The molecule has 0 saturated carbocycles. The van der Waals surface area contributed by atoms with E-state index in [2.05, 4.69) is 17.2 Å². The number of hydrogen-bond donors (Lipinski definition) is 2. The third-order valence-electron chi connectivity index (χ3n) is 2.82. The largest absolute Gasteiger partial charge is 0.396 e. The highest BCUT2D eigenvalue weighted by Crippen LogP contribution is 2.08. The summed E-state index contributed by atoms with van der Waals surface area (Å²) in [5.74, 6) is 0.752. The zero-order valence-electron chi connectivity index (χ0n) is 11.7. The van der Waals surface area contributed by atoms with Crippen LogP contribution in [0.3, 0.4) is 0 Å². The Bertz CT molecular complexity index is 379. The van der Waals surface area contributed by atoms with E-state index in [0.717, 1.165) is 18.8 Å². The molecule has 0 atom stereocenters. The number of hydrogen-bond acceptors (Lipinski definition) is 4. The van der Waals surface area contributed by atoms with Gasteiger partial charge in [-0.2, -0.15) is 0 Å². The number of nitrogens with zero attached hydrogens (tertiary/aromatic N) is 2. The molecule has 0 aliphatic rings. The number of aliphatic hydroxyl groups excluding tert-OH is 1. The first-order chi connectivity index (χ1) is 9.22. The maximum Gasteiger partial charge on any atom is 0.255 e. The molecule has 19 heavy (non-hydrogen) atoms. The van der Waals surface area contributed by atoms with Crippen LogP contribution in [0.1, 0.15) is 37.0 Å². The summed E-state index contributed by atoms with van der Waals surface area (Å²) in [6.45, 7) is 6.20. The van der Waals surface area contributed by atoms with Crippen LogP contribution in [0.15, 0.2) is 18.3 Å². The molecule has 1 aromatic heterocycles. The number of amides is 1. The second kappa shape index (κ2) is 8.48. The fourth-order valence-corrected chi connectivity index (χ4v) is 1.73. The quantitative estimate of drug-likeness (QED) is 0.751. The van der Waals surface area contributed by atoms with Crippen molar-refractivity contribution in [2.24, 2.45) is 0 Å². The lowest BCUT2D eigenvalue weighted by atomic mass is 10.2. The van der Waals surface area contributed by atoms with Gasteiger partial charge in [-0.15, -0.1) is 0 Å². The highest BCUT2D eigenvalue weighted by Gasteiger charge is 2.13. The molecule has 1 rings (SSSR count). The van der Waals surface area contributed by atoms with Gasteiger partial charge in [-0.05, 0) is 31.9 Å². The minimum Gasteiger partial charge on any atom is -0.396 e. The normalized spacial score (nSPS) is 10.3. The maximum absolute atomic E-state index is 12.2. The molecule has 0 saturated heterocycles. The van der Waals surface area contributed by atoms with Crippen molar-refractivity contribution in [3.63, 3.8) is 0 Å². The van der Waals surface area contributed by atoms with Crippen LogP contribution in [0, 0.1) is 0 Å². The van der Waals surface area contributed by atoms with Crippen LogP contribution in [0.5, 0.6) is 0 Å². The number of pyridine rings is 1. The number of aromatic nitrogens is 1. The zero-order valence-corrected chi connectivity index (χ0v) is 11.7. The van der Waals surface area contributed by atoms with Crippen molar-refractivity contribution >= 4 is 11.7 Å². The summed E-state index contributed by atoms with van der Waals surface area (Å²) in [6, 6.07) is 3.61. The van der Waals surface area contributed by atoms with Crippen molar-refractivity contribution in [3.05, 3.63) is 23.9 Å². The summed E-state index contributed by atoms with van der Waals surface area (Å²) in [4.78, 5) is 18.1. The molecule has 5 heteroatoms. The SMILES string of the molecule is CCCNc1ccc(C(=O)N(CC)CCCO)cn1. The topological polar surface area (TPSA) is 65.5 Å². The molecule has 0 fully saturated rings. The molecule has 5 nitrogen and oxygen atoms in total. The Balaban J connectivity index is 2.65. The number of nitrogens with one attached hydrogen (secondary N) is 1. The number of anilines is 1. The molecule has 0 bridgehead atoms. The van der Waals surface area contributed by atoms with E-state index in [1.807, 2.05) is 13.0 Å². The maximum atomic E-state index is 12.2. The van der Waals surface area contributed by atoms with Crippen molar-refractivity contribution in [1.29, 1.82) is 0 Å². The van der Waals surface area contributed by atoms with Gasteiger partial charge in [0.2, 0.25) is 0 Å². The smallest absolute Gasteiger partial charge is 0.255 e. The van der Waals surface area contributed by atoms with E-state index < -0.39 is 0 Å². The first-order valence-electron chi connectivity index (χ1n) is 6.83. The lowest BCUT2D eigenvalue weighted by molar-refractivity contribution is 0.0754. The average Bonchev–Trinajstić information content (AvgIpc) is 2.46. The number of rotatable bonds is 8. The average molecular weight is 265 g/mol. The van der Waals surface area contributed by atoms with Crippen LogP contribution in [-0.2, 0) is 0 Å². The first-order valence-corrected chi connectivity index (χ1v) is 6.83. The van der Waals surface area contributed by atoms with E-state index in [1.165, 1.54) is 0 Å². The Kier molecular flexibility index (Phi) is 6.89. The lowest BCUT2D eigenvalue weighted by Crippen LogP contribution is -2.32. The predicted molar refractivity (Wildman–Crippen MR) is 76.3 cm³/mol. The van der Waals surface area contributed by atoms with Crippen LogP contribution in [-0.4, -0.2) is 47.1 Å². The third-order valence-corrected chi connectivity index (χ3v) is 2.82. The van der Waals surface area contributed by atoms with Gasteiger partial charge in [0.25, 0.3) is 5.91 Å². The molecular formula is C14H23N3O2. The fourth-order valence-electron chi connectivity index (χ4n) is 1.73. The van der Waals surface area contributed by atoms with Gasteiger partial charge in [0.15, 0.2) is 0 Å². The highest BCUT2D eigenvalue weighted by atomic mass is 16.3. The van der Waals surface area contributed by atoms with Gasteiger partial charge < -0.3 is 15.3 Å². The van der Waals surface area contributed by atoms with E-state index in [0.29, 0.717) is 25.1 Å². The van der Waals surface area contributed by atoms with Crippen molar-refractivity contribution in [2.45, 2.75) is 26.7 Å². The van der Waals surface area contributed by atoms with Gasteiger partial charge in [-0.25, -0.2) is 4.98 Å². The first kappa shape index (κ1) is 15.4. The molecule has 2 N–H and O–H groups in total. The van der Waals surface area contributed by atoms with E-state index in [1.54, 1.807) is 17.2 Å². The van der Waals surface area contributed by atoms with Gasteiger partial charge in [0.05, 0.1) is 5.56 Å². The fraction of sp³-hybridized carbons (Fsp3) is 0.571. The Morgan fingerprint density at radius 3 is 2.74 bits per heavy atom. The van der Waals surface area contributed by atoms with Crippen molar-refractivity contribution < 1.29 is 9.90 Å². The Morgan fingerprint density at radius 2 is 2.21 bits per heavy atom. The highest BCUT2D eigenvalue weighted by molar-refractivity contribution is 5.94. The molecule has 1 amide bonds. The van der Waals surface area contributed by atoms with Gasteiger partial charge in [0, 0.05) is 32.4 Å². The number of carbonyl (C=O) groups excluding carboxylic acids is 1. The molecule has 0 unspecified atom stereocenters. The van der Waals surface area contributed by atoms with Crippen LogP contribution >= 0.6 is 0 Å². The van der Waals surface area contributed by atoms with E-state index in [-0.39, 0.29) is 12.5 Å². The second-order valence-corrected chi connectivity index (χ2v) is 4.32. The second-order valence-electron chi connectivity index (χ2n) is 4.32. The van der Waals surface area contributed by atoms with Gasteiger partial charge in [-0.1, -0.05) is 6.92 Å². The van der Waals surface area contributed by atoms with Gasteiger partial charge in [0.1, 0.15) is 5.82 Å². The summed E-state index contributed by atoms with van der Waals surface area (Å²) in [5.41, 5.74) is 0.585. The van der Waals surface area contributed by atoms with Gasteiger partial charge in [-0.3, -0.25) is 4.79 Å². The molecular weight excluding hydrogens is 242 g/mol. The molecule has 1 heterocycles. The van der Waals surface area contributed by atoms with E-state index >= 15 is 0 Å². The predicted octanol–water partition coefficient (Wildman–Crippen LogP) is 1.75. The monoisotopic (exact) mass is 265 g/mol. The molecule has 0 aromatic carbocycles. The Hall–Kier alpha value is -1.62. The lowest BCUT2D eigenvalue weighted by Gasteiger charge is -2.20. The van der Waals surface area contributed by atoms with Crippen LogP contribution in [0.2, 0.25) is 0 Å². The summed E-state index contributed by atoms with van der Waals surface area (Å²) in [5, 5.41) is 12.0. The number of aliphatic hydroxyl groups is 1. The van der Waals surface area contributed by atoms with Crippen molar-refractivity contribution in [3.8, 4) is 0 Å². The van der Waals surface area contributed by atoms with Crippen molar-refractivity contribution in [2.75, 3.05) is 31.6 Å². The standard InChI is InChI=1S/C14H23N3O2/c1-3-8-15-13-7-6-12(11-16-13)14(19)17(4-2)9-5-10-18/h6-7,11,18H,3-5,8-10H2,1-2H3,(H,15,16). The molecule has 1 aromatic rings. The van der Waals surface area contributed by atoms with Crippen LogP contribution in [0.4, 0.5) is 5.82 Å².